The van der Waals surface area contributed by atoms with Crippen molar-refractivity contribution in [1.82, 2.24) is 20.4 Å². The van der Waals surface area contributed by atoms with E-state index in [1.165, 1.54) is 5.56 Å². The van der Waals surface area contributed by atoms with Gasteiger partial charge >= 0.3 is 0 Å². The molecule has 1 aromatic heterocycles. The van der Waals surface area contributed by atoms with Gasteiger partial charge in [-0.2, -0.15) is 5.10 Å². The first kappa shape index (κ1) is 21.1. The largest absolute Gasteiger partial charge is 0.355 e. The molecule has 156 valence electrons. The third-order valence-electron chi connectivity index (χ3n) is 5.69. The highest BCUT2D eigenvalue weighted by Gasteiger charge is 2.26. The maximum absolute atomic E-state index is 12.6. The van der Waals surface area contributed by atoms with Gasteiger partial charge in [0.2, 0.25) is 5.91 Å². The number of hydrogen-bond acceptors (Lipinski definition) is 3. The molecule has 1 aromatic carbocycles. The summed E-state index contributed by atoms with van der Waals surface area (Å²) in [5.41, 5.74) is 3.93. The van der Waals surface area contributed by atoms with E-state index in [1.807, 2.05) is 37.6 Å². The van der Waals surface area contributed by atoms with E-state index in [-0.39, 0.29) is 23.8 Å². The minimum Gasteiger partial charge on any atom is -0.355 e. The van der Waals surface area contributed by atoms with Crippen LogP contribution in [0.4, 0.5) is 0 Å². The molecule has 0 fully saturated rings. The van der Waals surface area contributed by atoms with Crippen molar-refractivity contribution in [2.24, 2.45) is 5.92 Å². The minimum absolute atomic E-state index is 0.0473. The number of nitrogens with one attached hydrogen (secondary N) is 2. The molecule has 0 spiro atoms. The molecule has 0 unspecified atom stereocenters. The number of amides is 2. The molecule has 1 aliphatic heterocycles. The van der Waals surface area contributed by atoms with Crippen LogP contribution in [0.25, 0.3) is 0 Å². The molecule has 6 nitrogen and oxygen atoms in total. The Kier molecular flexibility index (Phi) is 6.72. The Labute approximate surface area is 173 Å². The molecule has 6 heteroatoms. The Morgan fingerprint density at radius 3 is 2.59 bits per heavy atom. The molecule has 0 saturated heterocycles. The Morgan fingerprint density at radius 1 is 1.21 bits per heavy atom. The van der Waals surface area contributed by atoms with Crippen LogP contribution in [0.5, 0.6) is 0 Å². The summed E-state index contributed by atoms with van der Waals surface area (Å²) >= 11 is 0. The molecule has 2 N–H and O–H groups in total. The first-order valence-corrected chi connectivity index (χ1v) is 10.6. The second-order valence-electron chi connectivity index (χ2n) is 8.28. The number of aryl methyl sites for hydroxylation is 2. The highest BCUT2D eigenvalue weighted by atomic mass is 16.2. The average molecular weight is 397 g/mol. The predicted molar refractivity (Wildman–Crippen MR) is 114 cm³/mol. The lowest BCUT2D eigenvalue weighted by atomic mass is 9.93. The van der Waals surface area contributed by atoms with Crippen molar-refractivity contribution in [3.8, 4) is 0 Å². The molecule has 1 aliphatic rings. The number of carbonyl (C=O) groups is 2. The van der Waals surface area contributed by atoms with Gasteiger partial charge in [0, 0.05) is 19.1 Å². The number of carbonyl (C=O) groups excluding carboxylic acids is 2. The monoisotopic (exact) mass is 396 g/mol. The molecule has 0 radical (unpaired) electrons. The summed E-state index contributed by atoms with van der Waals surface area (Å²) in [4.78, 5) is 25.1. The lowest BCUT2D eigenvalue weighted by Gasteiger charge is -2.25. The van der Waals surface area contributed by atoms with E-state index in [0.29, 0.717) is 18.0 Å². The van der Waals surface area contributed by atoms with Gasteiger partial charge in [0.1, 0.15) is 0 Å². The van der Waals surface area contributed by atoms with Crippen molar-refractivity contribution < 1.29 is 9.59 Å². The van der Waals surface area contributed by atoms with Gasteiger partial charge in [-0.05, 0) is 57.1 Å². The average Bonchev–Trinajstić information content (AvgIpc) is 3.14. The van der Waals surface area contributed by atoms with E-state index in [9.17, 15) is 9.59 Å². The molecule has 29 heavy (non-hydrogen) atoms. The van der Waals surface area contributed by atoms with Gasteiger partial charge in [0.15, 0.2) is 0 Å². The van der Waals surface area contributed by atoms with Crippen molar-refractivity contribution in [3.05, 3.63) is 52.8 Å². The molecule has 0 saturated carbocycles. The van der Waals surface area contributed by atoms with Crippen molar-refractivity contribution >= 4 is 11.8 Å². The van der Waals surface area contributed by atoms with Gasteiger partial charge in [-0.1, -0.05) is 31.2 Å². The predicted octanol–water partition coefficient (Wildman–Crippen LogP) is 3.07. The molecular weight excluding hydrogens is 364 g/mol. The summed E-state index contributed by atoms with van der Waals surface area (Å²) in [5, 5.41) is 10.4. The SMILES string of the molecule is CCc1ccc([C@H](C)C(=O)NC[C@H]2CCn3ncc(C(=O)NC(C)C)c3C2)cc1. The number of fused-ring (bicyclic) bond motifs is 1. The molecule has 0 aliphatic carbocycles. The van der Waals surface area contributed by atoms with Gasteiger partial charge in [-0.15, -0.1) is 0 Å². The number of rotatable bonds is 7. The molecule has 2 amide bonds. The number of hydrogen-bond donors (Lipinski definition) is 2. The smallest absolute Gasteiger partial charge is 0.254 e. The van der Waals surface area contributed by atoms with E-state index >= 15 is 0 Å². The van der Waals surface area contributed by atoms with Gasteiger partial charge in [0.25, 0.3) is 5.91 Å². The van der Waals surface area contributed by atoms with Crippen LogP contribution in [0.2, 0.25) is 0 Å². The Balaban J connectivity index is 1.57. The van der Waals surface area contributed by atoms with Crippen LogP contribution in [0.3, 0.4) is 0 Å². The van der Waals surface area contributed by atoms with Crippen molar-refractivity contribution in [1.29, 1.82) is 0 Å². The van der Waals surface area contributed by atoms with Crippen LogP contribution < -0.4 is 10.6 Å². The van der Waals surface area contributed by atoms with Crippen molar-refractivity contribution in [2.45, 2.75) is 65.5 Å². The quantitative estimate of drug-likeness (QED) is 0.755. The van der Waals surface area contributed by atoms with Crippen LogP contribution in [-0.4, -0.2) is 34.2 Å². The molecule has 2 atom stereocenters. The maximum atomic E-state index is 12.6. The van der Waals surface area contributed by atoms with Crippen LogP contribution in [0, 0.1) is 5.92 Å². The molecule has 0 bridgehead atoms. The zero-order valence-electron chi connectivity index (χ0n) is 17.9. The first-order chi connectivity index (χ1) is 13.9. The fourth-order valence-corrected chi connectivity index (χ4v) is 3.79. The summed E-state index contributed by atoms with van der Waals surface area (Å²) in [6, 6.07) is 8.35. The van der Waals surface area contributed by atoms with Gasteiger partial charge < -0.3 is 10.6 Å². The topological polar surface area (TPSA) is 76.0 Å². The van der Waals surface area contributed by atoms with Crippen molar-refractivity contribution in [2.75, 3.05) is 6.54 Å². The number of aromatic nitrogens is 2. The minimum atomic E-state index is -0.178. The Hall–Kier alpha value is -2.63. The summed E-state index contributed by atoms with van der Waals surface area (Å²) < 4.78 is 1.92. The molecule has 3 rings (SSSR count). The summed E-state index contributed by atoms with van der Waals surface area (Å²) in [5.74, 6) is 0.104. The Morgan fingerprint density at radius 2 is 1.93 bits per heavy atom. The second-order valence-corrected chi connectivity index (χ2v) is 8.28. The number of benzene rings is 1. The highest BCUT2D eigenvalue weighted by molar-refractivity contribution is 5.95. The summed E-state index contributed by atoms with van der Waals surface area (Å²) in [7, 11) is 0. The van der Waals surface area contributed by atoms with E-state index < -0.39 is 0 Å². The fourth-order valence-electron chi connectivity index (χ4n) is 3.79. The van der Waals surface area contributed by atoms with Crippen LogP contribution in [0.1, 0.15) is 67.2 Å². The van der Waals surface area contributed by atoms with Crippen LogP contribution in [-0.2, 0) is 24.2 Å². The van der Waals surface area contributed by atoms with E-state index in [2.05, 4.69) is 34.8 Å². The molecular formula is C23H32N4O2. The standard InChI is InChI=1S/C23H32N4O2/c1-5-17-6-8-19(9-7-17)16(4)22(28)24-13-18-10-11-27-21(12-18)20(14-25-27)23(29)26-15(2)3/h6-9,14-16,18H,5,10-13H2,1-4H3,(H,24,28)(H,26,29)/t16-,18-/m0/s1. The normalized spacial score (nSPS) is 16.9. The zero-order valence-corrected chi connectivity index (χ0v) is 17.9. The number of nitrogens with zero attached hydrogens (tertiary/aromatic N) is 2. The molecule has 2 heterocycles. The lowest BCUT2D eigenvalue weighted by Crippen LogP contribution is -2.36. The third-order valence-corrected chi connectivity index (χ3v) is 5.69. The van der Waals surface area contributed by atoms with Crippen molar-refractivity contribution in [3.63, 3.8) is 0 Å². The highest BCUT2D eigenvalue weighted by Crippen LogP contribution is 2.23. The first-order valence-electron chi connectivity index (χ1n) is 10.6. The lowest BCUT2D eigenvalue weighted by molar-refractivity contribution is -0.122. The van der Waals surface area contributed by atoms with E-state index in [0.717, 1.165) is 37.1 Å². The Bertz CT molecular complexity index is 854. The van der Waals surface area contributed by atoms with Gasteiger partial charge in [-0.3, -0.25) is 14.3 Å². The van der Waals surface area contributed by atoms with Gasteiger partial charge in [0.05, 0.1) is 23.4 Å². The van der Waals surface area contributed by atoms with E-state index in [4.69, 9.17) is 0 Å². The van der Waals surface area contributed by atoms with Crippen LogP contribution in [0.15, 0.2) is 30.5 Å². The third kappa shape index (κ3) is 5.05. The maximum Gasteiger partial charge on any atom is 0.254 e. The second kappa shape index (κ2) is 9.25. The van der Waals surface area contributed by atoms with E-state index in [1.54, 1.807) is 6.20 Å². The fraction of sp³-hybridized carbons (Fsp3) is 0.522. The summed E-state index contributed by atoms with van der Waals surface area (Å²) in [6.07, 6.45) is 4.35. The van der Waals surface area contributed by atoms with Crippen LogP contribution >= 0.6 is 0 Å². The zero-order chi connectivity index (χ0) is 21.0. The molecule has 2 aromatic rings. The van der Waals surface area contributed by atoms with Gasteiger partial charge in [-0.25, -0.2) is 0 Å². The summed E-state index contributed by atoms with van der Waals surface area (Å²) in [6.45, 7) is 9.36.